The van der Waals surface area contributed by atoms with Crippen LogP contribution in [0.4, 0.5) is 5.69 Å². The van der Waals surface area contributed by atoms with Crippen LogP contribution in [0.1, 0.15) is 0 Å². The summed E-state index contributed by atoms with van der Waals surface area (Å²) >= 11 is 0. The zero-order valence-corrected chi connectivity index (χ0v) is 16.0. The summed E-state index contributed by atoms with van der Waals surface area (Å²) in [6.07, 6.45) is -0.544. The van der Waals surface area contributed by atoms with E-state index in [0.29, 0.717) is 18.0 Å². The van der Waals surface area contributed by atoms with Gasteiger partial charge in [-0.05, 0) is 36.4 Å². The van der Waals surface area contributed by atoms with Crippen molar-refractivity contribution in [2.45, 2.75) is 6.10 Å². The standard InChI is InChI=1S/C21H26N2O5/c1-25-18-4-2-16(3-5-18)23-10-8-22(9-11-23)13-17(24)14-26-19-6-7-20-21(12-19)28-15-27-20/h2-7,12,17,24H,8-11,13-15H2,1H3/t17-/m1/s1. The normalized spacial score (nSPS) is 17.4. The highest BCUT2D eigenvalue weighted by Crippen LogP contribution is 2.35. The van der Waals surface area contributed by atoms with Crippen LogP contribution in [0, 0.1) is 0 Å². The molecule has 1 atom stereocenters. The summed E-state index contributed by atoms with van der Waals surface area (Å²) in [7, 11) is 1.68. The van der Waals surface area contributed by atoms with Crippen LogP contribution < -0.4 is 23.8 Å². The Labute approximate surface area is 165 Å². The number of nitrogens with zero attached hydrogens (tertiary/aromatic N) is 2. The number of methoxy groups -OCH3 is 1. The van der Waals surface area contributed by atoms with E-state index in [9.17, 15) is 5.11 Å². The maximum Gasteiger partial charge on any atom is 0.231 e. The van der Waals surface area contributed by atoms with Gasteiger partial charge in [0.1, 0.15) is 24.2 Å². The van der Waals surface area contributed by atoms with E-state index in [0.717, 1.165) is 37.7 Å². The molecule has 2 aromatic carbocycles. The predicted octanol–water partition coefficient (Wildman–Crippen LogP) is 1.99. The molecule has 0 spiro atoms. The Hall–Kier alpha value is -2.64. The van der Waals surface area contributed by atoms with E-state index >= 15 is 0 Å². The molecule has 1 N–H and O–H groups in total. The van der Waals surface area contributed by atoms with E-state index in [1.807, 2.05) is 24.3 Å². The first-order chi connectivity index (χ1) is 13.7. The second-order valence-corrected chi connectivity index (χ2v) is 6.97. The van der Waals surface area contributed by atoms with Gasteiger partial charge >= 0.3 is 0 Å². The van der Waals surface area contributed by atoms with Gasteiger partial charge in [0.15, 0.2) is 11.5 Å². The highest BCUT2D eigenvalue weighted by molar-refractivity contribution is 5.49. The second-order valence-electron chi connectivity index (χ2n) is 6.97. The molecule has 0 amide bonds. The van der Waals surface area contributed by atoms with Gasteiger partial charge in [0.05, 0.1) is 7.11 Å². The molecule has 4 rings (SSSR count). The Morgan fingerprint density at radius 3 is 2.43 bits per heavy atom. The van der Waals surface area contributed by atoms with Crippen LogP contribution in [-0.4, -0.2) is 69.3 Å². The largest absolute Gasteiger partial charge is 0.497 e. The molecule has 0 radical (unpaired) electrons. The van der Waals surface area contributed by atoms with Gasteiger partial charge < -0.3 is 29.0 Å². The minimum Gasteiger partial charge on any atom is -0.497 e. The zero-order valence-electron chi connectivity index (χ0n) is 16.0. The van der Waals surface area contributed by atoms with Crippen molar-refractivity contribution in [1.82, 2.24) is 4.90 Å². The number of aliphatic hydroxyl groups excluding tert-OH is 1. The molecule has 7 nitrogen and oxygen atoms in total. The first-order valence-electron chi connectivity index (χ1n) is 9.53. The molecular weight excluding hydrogens is 360 g/mol. The van der Waals surface area contributed by atoms with Crippen molar-refractivity contribution in [3.63, 3.8) is 0 Å². The molecule has 28 heavy (non-hydrogen) atoms. The Morgan fingerprint density at radius 1 is 0.964 bits per heavy atom. The molecule has 2 aromatic rings. The van der Waals surface area contributed by atoms with Gasteiger partial charge in [-0.15, -0.1) is 0 Å². The Kier molecular flexibility index (Phi) is 5.73. The van der Waals surface area contributed by atoms with Crippen molar-refractivity contribution < 1.29 is 24.1 Å². The van der Waals surface area contributed by atoms with Crippen LogP contribution >= 0.6 is 0 Å². The van der Waals surface area contributed by atoms with Crippen molar-refractivity contribution in [1.29, 1.82) is 0 Å². The SMILES string of the molecule is COc1ccc(N2CCN(C[C@@H](O)COc3ccc4c(c3)OCO4)CC2)cc1. The third kappa shape index (κ3) is 4.43. The van der Waals surface area contributed by atoms with Crippen LogP contribution in [-0.2, 0) is 0 Å². The number of rotatable bonds is 7. The summed E-state index contributed by atoms with van der Waals surface area (Å²) in [5.41, 5.74) is 1.20. The lowest BCUT2D eigenvalue weighted by Crippen LogP contribution is -2.49. The zero-order chi connectivity index (χ0) is 19.3. The second kappa shape index (κ2) is 8.58. The number of ether oxygens (including phenoxy) is 4. The van der Waals surface area contributed by atoms with Crippen LogP contribution in [0.15, 0.2) is 42.5 Å². The van der Waals surface area contributed by atoms with Gasteiger partial charge in [-0.3, -0.25) is 4.90 Å². The maximum absolute atomic E-state index is 10.3. The van der Waals surface area contributed by atoms with E-state index in [-0.39, 0.29) is 13.4 Å². The Morgan fingerprint density at radius 2 is 1.68 bits per heavy atom. The number of hydrogen-bond donors (Lipinski definition) is 1. The number of aliphatic hydroxyl groups is 1. The molecule has 0 aliphatic carbocycles. The molecule has 7 heteroatoms. The summed E-state index contributed by atoms with van der Waals surface area (Å²) in [5.74, 6) is 2.95. The molecule has 150 valence electrons. The first kappa shape index (κ1) is 18.7. The molecule has 1 fully saturated rings. The minimum absolute atomic E-state index is 0.240. The third-order valence-electron chi connectivity index (χ3n) is 5.07. The van der Waals surface area contributed by atoms with E-state index in [2.05, 4.69) is 21.9 Å². The third-order valence-corrected chi connectivity index (χ3v) is 5.07. The number of β-amino-alcohol motifs (C(OH)–C–C–N with tert-alkyl or cyclic N) is 1. The smallest absolute Gasteiger partial charge is 0.231 e. The molecule has 0 aromatic heterocycles. The van der Waals surface area contributed by atoms with E-state index < -0.39 is 6.10 Å². The average Bonchev–Trinajstić information content (AvgIpc) is 3.21. The van der Waals surface area contributed by atoms with E-state index in [1.54, 1.807) is 13.2 Å². The Bertz CT molecular complexity index is 775. The van der Waals surface area contributed by atoms with Gasteiger partial charge in [0, 0.05) is 44.5 Å². The lowest BCUT2D eigenvalue weighted by atomic mass is 10.2. The Balaban J connectivity index is 1.21. The van der Waals surface area contributed by atoms with Crippen molar-refractivity contribution in [3.05, 3.63) is 42.5 Å². The summed E-state index contributed by atoms with van der Waals surface area (Å²) < 4.78 is 21.6. The number of fused-ring (bicyclic) bond motifs is 1. The molecular formula is C21H26N2O5. The van der Waals surface area contributed by atoms with E-state index in [4.69, 9.17) is 18.9 Å². The van der Waals surface area contributed by atoms with Crippen LogP contribution in [0.25, 0.3) is 0 Å². The van der Waals surface area contributed by atoms with Gasteiger partial charge in [-0.1, -0.05) is 0 Å². The molecule has 0 bridgehead atoms. The summed E-state index contributed by atoms with van der Waals surface area (Å²) in [6.45, 7) is 4.77. The van der Waals surface area contributed by atoms with Crippen molar-refractivity contribution in [3.8, 4) is 23.0 Å². The molecule has 1 saturated heterocycles. The lowest BCUT2D eigenvalue weighted by molar-refractivity contribution is 0.0662. The quantitative estimate of drug-likeness (QED) is 0.781. The maximum atomic E-state index is 10.3. The summed E-state index contributed by atoms with van der Waals surface area (Å²) in [6, 6.07) is 13.6. The number of hydrogen-bond acceptors (Lipinski definition) is 7. The molecule has 2 aliphatic rings. The monoisotopic (exact) mass is 386 g/mol. The fraction of sp³-hybridized carbons (Fsp3) is 0.429. The van der Waals surface area contributed by atoms with Gasteiger partial charge in [0.25, 0.3) is 0 Å². The highest BCUT2D eigenvalue weighted by Gasteiger charge is 2.20. The topological polar surface area (TPSA) is 63.6 Å². The van der Waals surface area contributed by atoms with Crippen molar-refractivity contribution >= 4 is 5.69 Å². The number of piperazine rings is 1. The average molecular weight is 386 g/mol. The minimum atomic E-state index is -0.544. The van der Waals surface area contributed by atoms with Crippen molar-refractivity contribution in [2.75, 3.05) is 58.1 Å². The number of anilines is 1. The highest BCUT2D eigenvalue weighted by atomic mass is 16.7. The molecule has 2 aliphatic heterocycles. The van der Waals surface area contributed by atoms with Gasteiger partial charge in [-0.2, -0.15) is 0 Å². The van der Waals surface area contributed by atoms with E-state index in [1.165, 1.54) is 5.69 Å². The van der Waals surface area contributed by atoms with Crippen LogP contribution in [0.2, 0.25) is 0 Å². The first-order valence-corrected chi connectivity index (χ1v) is 9.53. The predicted molar refractivity (Wildman–Crippen MR) is 106 cm³/mol. The van der Waals surface area contributed by atoms with Crippen molar-refractivity contribution in [2.24, 2.45) is 0 Å². The van der Waals surface area contributed by atoms with Crippen LogP contribution in [0.5, 0.6) is 23.0 Å². The number of benzene rings is 2. The lowest BCUT2D eigenvalue weighted by Gasteiger charge is -2.36. The fourth-order valence-corrected chi connectivity index (χ4v) is 3.49. The van der Waals surface area contributed by atoms with Gasteiger partial charge in [-0.25, -0.2) is 0 Å². The summed E-state index contributed by atoms with van der Waals surface area (Å²) in [4.78, 5) is 4.62. The molecule has 0 unspecified atom stereocenters. The summed E-state index contributed by atoms with van der Waals surface area (Å²) in [5, 5.41) is 10.3. The van der Waals surface area contributed by atoms with Gasteiger partial charge in [0.2, 0.25) is 6.79 Å². The molecule has 2 heterocycles. The van der Waals surface area contributed by atoms with Crippen LogP contribution in [0.3, 0.4) is 0 Å². The fourth-order valence-electron chi connectivity index (χ4n) is 3.49. The molecule has 0 saturated carbocycles.